The van der Waals surface area contributed by atoms with Gasteiger partial charge in [-0.1, -0.05) is 28.1 Å². The molecule has 1 amide bonds. The molecule has 0 unspecified atom stereocenters. The zero-order chi connectivity index (χ0) is 21.0. The predicted molar refractivity (Wildman–Crippen MR) is 115 cm³/mol. The van der Waals surface area contributed by atoms with Gasteiger partial charge in [0.05, 0.1) is 18.0 Å². The second kappa shape index (κ2) is 9.28. The predicted octanol–water partition coefficient (Wildman–Crippen LogP) is 3.74. The molecule has 0 aliphatic carbocycles. The first-order valence-corrected chi connectivity index (χ1v) is 11.7. The maximum Gasteiger partial charge on any atom is 0.243 e. The molecule has 8 heteroatoms. The third kappa shape index (κ3) is 5.18. The number of ether oxygens (including phenoxy) is 1. The average molecular weight is 481 g/mol. The number of halogens is 1. The lowest BCUT2D eigenvalue weighted by Crippen LogP contribution is -2.43. The molecule has 2 aromatic rings. The summed E-state index contributed by atoms with van der Waals surface area (Å²) in [5, 5.41) is 3.05. The number of benzene rings is 2. The Labute approximate surface area is 180 Å². The van der Waals surface area contributed by atoms with Crippen LogP contribution >= 0.6 is 15.9 Å². The van der Waals surface area contributed by atoms with Crippen LogP contribution in [0.2, 0.25) is 0 Å². The van der Waals surface area contributed by atoms with Crippen LogP contribution in [0.4, 0.5) is 0 Å². The minimum absolute atomic E-state index is 0.0287. The Morgan fingerprint density at radius 1 is 1.17 bits per heavy atom. The Kier molecular flexibility index (Phi) is 6.97. The fraction of sp³-hybridized carbons (Fsp3) is 0.381. The molecule has 3 rings (SSSR count). The summed E-state index contributed by atoms with van der Waals surface area (Å²) in [5.41, 5.74) is 1.02. The minimum atomic E-state index is -3.57. The number of hydrogen-bond donors (Lipinski definition) is 1. The van der Waals surface area contributed by atoms with Gasteiger partial charge in [-0.3, -0.25) is 4.79 Å². The van der Waals surface area contributed by atoms with Crippen molar-refractivity contribution >= 4 is 31.9 Å². The lowest BCUT2D eigenvalue weighted by Gasteiger charge is -2.31. The molecule has 29 heavy (non-hydrogen) atoms. The molecule has 0 saturated carbocycles. The number of hydrogen-bond acceptors (Lipinski definition) is 4. The molecule has 2 aromatic carbocycles. The minimum Gasteiger partial charge on any atom is -0.497 e. The SMILES string of the molecule is COc1ccc(S(=O)(=O)N2CCC(C(=O)N[C@@H](C)c3cccc(Br)c3)CC2)cc1. The topological polar surface area (TPSA) is 75.7 Å². The molecule has 1 saturated heterocycles. The smallest absolute Gasteiger partial charge is 0.243 e. The maximum absolute atomic E-state index is 12.8. The number of nitrogens with one attached hydrogen (secondary N) is 1. The standard InChI is InChI=1S/C21H25BrN2O4S/c1-15(17-4-3-5-18(22)14-17)23-21(25)16-10-12-24(13-11-16)29(26,27)20-8-6-19(28-2)7-9-20/h3-9,14-16H,10-13H2,1-2H3,(H,23,25)/t15-/m0/s1. The normalized spacial score (nSPS) is 16.9. The Balaban J connectivity index is 1.58. The summed E-state index contributed by atoms with van der Waals surface area (Å²) in [6.07, 6.45) is 1.01. The third-order valence-electron chi connectivity index (χ3n) is 5.23. The first-order valence-electron chi connectivity index (χ1n) is 9.51. The van der Waals surface area contributed by atoms with E-state index >= 15 is 0 Å². The number of rotatable bonds is 6. The molecule has 1 N–H and O–H groups in total. The fourth-order valence-corrected chi connectivity index (χ4v) is 5.33. The number of carbonyl (C=O) groups excluding carboxylic acids is 1. The Hall–Kier alpha value is -1.90. The van der Waals surface area contributed by atoms with Crippen molar-refractivity contribution in [2.45, 2.75) is 30.7 Å². The van der Waals surface area contributed by atoms with Crippen LogP contribution in [-0.4, -0.2) is 38.8 Å². The second-order valence-corrected chi connectivity index (χ2v) is 9.99. The van der Waals surface area contributed by atoms with Crippen molar-refractivity contribution in [3.8, 4) is 5.75 Å². The number of sulfonamides is 1. The van der Waals surface area contributed by atoms with E-state index < -0.39 is 10.0 Å². The molecule has 1 heterocycles. The van der Waals surface area contributed by atoms with Gasteiger partial charge in [-0.25, -0.2) is 8.42 Å². The lowest BCUT2D eigenvalue weighted by atomic mass is 9.96. The summed E-state index contributed by atoms with van der Waals surface area (Å²) in [5.74, 6) is 0.393. The summed E-state index contributed by atoms with van der Waals surface area (Å²) in [4.78, 5) is 12.9. The van der Waals surface area contributed by atoms with Crippen LogP contribution in [0, 0.1) is 5.92 Å². The summed E-state index contributed by atoms with van der Waals surface area (Å²) in [6, 6.07) is 14.1. The highest BCUT2D eigenvalue weighted by Crippen LogP contribution is 2.26. The molecule has 0 spiro atoms. The van der Waals surface area contributed by atoms with Gasteiger partial charge >= 0.3 is 0 Å². The summed E-state index contributed by atoms with van der Waals surface area (Å²) in [7, 11) is -2.03. The number of piperidine rings is 1. The van der Waals surface area contributed by atoms with Crippen LogP contribution in [0.1, 0.15) is 31.4 Å². The molecule has 1 fully saturated rings. The van der Waals surface area contributed by atoms with Gasteiger partial charge in [0.1, 0.15) is 5.75 Å². The van der Waals surface area contributed by atoms with Gasteiger partial charge in [-0.05, 0) is 61.7 Å². The highest BCUT2D eigenvalue weighted by Gasteiger charge is 2.32. The van der Waals surface area contributed by atoms with E-state index in [1.54, 1.807) is 24.3 Å². The molecule has 6 nitrogen and oxygen atoms in total. The Bertz CT molecular complexity index is 955. The zero-order valence-corrected chi connectivity index (χ0v) is 18.9. The Morgan fingerprint density at radius 3 is 2.41 bits per heavy atom. The third-order valence-corrected chi connectivity index (χ3v) is 7.64. The molecular weight excluding hydrogens is 456 g/mol. The van der Waals surface area contributed by atoms with Crippen molar-refractivity contribution in [1.82, 2.24) is 9.62 Å². The molecular formula is C21H25BrN2O4S. The molecule has 0 radical (unpaired) electrons. The van der Waals surface area contributed by atoms with Crippen LogP contribution in [0.3, 0.4) is 0 Å². The maximum atomic E-state index is 12.8. The van der Waals surface area contributed by atoms with Crippen LogP contribution in [-0.2, 0) is 14.8 Å². The number of methoxy groups -OCH3 is 1. The van der Waals surface area contributed by atoms with E-state index in [1.165, 1.54) is 11.4 Å². The van der Waals surface area contributed by atoms with E-state index in [0.717, 1.165) is 10.0 Å². The first kappa shape index (κ1) is 21.8. The quantitative estimate of drug-likeness (QED) is 0.682. The van der Waals surface area contributed by atoms with E-state index in [-0.39, 0.29) is 22.8 Å². The van der Waals surface area contributed by atoms with Crippen LogP contribution < -0.4 is 10.1 Å². The van der Waals surface area contributed by atoms with Crippen molar-refractivity contribution in [3.05, 3.63) is 58.6 Å². The van der Waals surface area contributed by atoms with Gasteiger partial charge in [-0.2, -0.15) is 4.31 Å². The van der Waals surface area contributed by atoms with E-state index in [9.17, 15) is 13.2 Å². The van der Waals surface area contributed by atoms with Crippen molar-refractivity contribution in [2.24, 2.45) is 5.92 Å². The van der Waals surface area contributed by atoms with Crippen LogP contribution in [0.25, 0.3) is 0 Å². The summed E-state index contributed by atoms with van der Waals surface area (Å²) >= 11 is 3.44. The molecule has 0 aromatic heterocycles. The van der Waals surface area contributed by atoms with Crippen molar-refractivity contribution < 1.29 is 17.9 Å². The number of amides is 1. The molecule has 1 aliphatic rings. The largest absolute Gasteiger partial charge is 0.497 e. The van der Waals surface area contributed by atoms with Crippen LogP contribution in [0.5, 0.6) is 5.75 Å². The first-order chi connectivity index (χ1) is 13.8. The van der Waals surface area contributed by atoms with Crippen molar-refractivity contribution in [2.75, 3.05) is 20.2 Å². The zero-order valence-electron chi connectivity index (χ0n) is 16.5. The lowest BCUT2D eigenvalue weighted by molar-refractivity contribution is -0.126. The van der Waals surface area contributed by atoms with E-state index in [2.05, 4.69) is 21.2 Å². The second-order valence-electron chi connectivity index (χ2n) is 7.14. The van der Waals surface area contributed by atoms with Crippen molar-refractivity contribution in [3.63, 3.8) is 0 Å². The highest BCUT2D eigenvalue weighted by molar-refractivity contribution is 9.10. The summed E-state index contributed by atoms with van der Waals surface area (Å²) < 4.78 is 33.2. The Morgan fingerprint density at radius 2 is 1.83 bits per heavy atom. The molecule has 0 bridgehead atoms. The number of carbonyl (C=O) groups is 1. The highest BCUT2D eigenvalue weighted by atomic mass is 79.9. The van der Waals surface area contributed by atoms with E-state index in [4.69, 9.17) is 4.74 Å². The van der Waals surface area contributed by atoms with Gasteiger partial charge in [0.2, 0.25) is 15.9 Å². The molecule has 156 valence electrons. The van der Waals surface area contributed by atoms with E-state index in [1.807, 2.05) is 31.2 Å². The van der Waals surface area contributed by atoms with Gasteiger partial charge in [-0.15, -0.1) is 0 Å². The van der Waals surface area contributed by atoms with Gasteiger partial charge in [0.15, 0.2) is 0 Å². The molecule has 1 atom stereocenters. The average Bonchev–Trinajstić information content (AvgIpc) is 2.73. The fourth-order valence-electron chi connectivity index (χ4n) is 3.45. The van der Waals surface area contributed by atoms with Gasteiger partial charge in [0.25, 0.3) is 0 Å². The molecule has 1 aliphatic heterocycles. The summed E-state index contributed by atoms with van der Waals surface area (Å²) in [6.45, 7) is 2.61. The van der Waals surface area contributed by atoms with E-state index in [0.29, 0.717) is 31.7 Å². The number of nitrogens with zero attached hydrogens (tertiary/aromatic N) is 1. The van der Waals surface area contributed by atoms with Gasteiger partial charge < -0.3 is 10.1 Å². The van der Waals surface area contributed by atoms with Gasteiger partial charge in [0, 0.05) is 23.5 Å². The van der Waals surface area contributed by atoms with Crippen molar-refractivity contribution in [1.29, 1.82) is 0 Å². The van der Waals surface area contributed by atoms with Crippen LogP contribution in [0.15, 0.2) is 57.9 Å². The monoisotopic (exact) mass is 480 g/mol.